The van der Waals surface area contributed by atoms with Crippen molar-refractivity contribution in [1.29, 1.82) is 0 Å². The number of halogens is 1. The molecule has 150 valence electrons. The maximum atomic E-state index is 11.9. The van der Waals surface area contributed by atoms with Gasteiger partial charge in [-0.15, -0.1) is 0 Å². The fraction of sp³-hybridized carbons (Fsp3) is 0.158. The molecule has 1 heterocycles. The van der Waals surface area contributed by atoms with Gasteiger partial charge in [0.15, 0.2) is 0 Å². The summed E-state index contributed by atoms with van der Waals surface area (Å²) in [5.41, 5.74) is 2.52. The van der Waals surface area contributed by atoms with Gasteiger partial charge in [-0.05, 0) is 36.4 Å². The Hall–Kier alpha value is -3.59. The highest BCUT2D eigenvalue weighted by molar-refractivity contribution is 6.30. The minimum Gasteiger partial charge on any atom is -0.383 e. The molecule has 3 N–H and O–H groups in total. The molecular weight excluding hydrogens is 396 g/mol. The normalized spacial score (nSPS) is 10.4. The van der Waals surface area contributed by atoms with Gasteiger partial charge in [0.05, 0.1) is 16.8 Å². The first-order valence-electron chi connectivity index (χ1n) is 8.81. The SMILES string of the molecule is O=C(NCCNc1ccc([N+](=O)[O-])cc1)NCc1cnn(-c2ccc(Cl)cc2)c1. The molecule has 0 bridgehead atoms. The molecule has 0 atom stereocenters. The molecule has 0 radical (unpaired) electrons. The topological polar surface area (TPSA) is 114 Å². The first-order chi connectivity index (χ1) is 14.0. The van der Waals surface area contributed by atoms with E-state index in [9.17, 15) is 14.9 Å². The molecule has 0 unspecified atom stereocenters. The number of urea groups is 1. The predicted octanol–water partition coefficient (Wildman–Crippen LogP) is 3.35. The minimum atomic E-state index is -0.450. The Labute approximate surface area is 171 Å². The van der Waals surface area contributed by atoms with E-state index in [0.717, 1.165) is 16.9 Å². The lowest BCUT2D eigenvalue weighted by Crippen LogP contribution is -2.37. The van der Waals surface area contributed by atoms with Crippen LogP contribution in [0.1, 0.15) is 5.56 Å². The minimum absolute atomic E-state index is 0.0347. The van der Waals surface area contributed by atoms with Crippen molar-refractivity contribution in [1.82, 2.24) is 20.4 Å². The maximum Gasteiger partial charge on any atom is 0.315 e. The van der Waals surface area contributed by atoms with Gasteiger partial charge in [0.25, 0.3) is 5.69 Å². The van der Waals surface area contributed by atoms with Crippen LogP contribution in [-0.4, -0.2) is 33.8 Å². The number of aromatic nitrogens is 2. The van der Waals surface area contributed by atoms with Gasteiger partial charge in [-0.25, -0.2) is 9.48 Å². The highest BCUT2D eigenvalue weighted by Gasteiger charge is 2.05. The van der Waals surface area contributed by atoms with E-state index < -0.39 is 4.92 Å². The third kappa shape index (κ3) is 5.94. The summed E-state index contributed by atoms with van der Waals surface area (Å²) in [7, 11) is 0. The van der Waals surface area contributed by atoms with Gasteiger partial charge in [0.1, 0.15) is 0 Å². The quantitative estimate of drug-likeness (QED) is 0.297. The molecule has 0 saturated heterocycles. The summed E-state index contributed by atoms with van der Waals surface area (Å²) >= 11 is 5.88. The van der Waals surface area contributed by atoms with Gasteiger partial charge >= 0.3 is 6.03 Å². The zero-order valence-corrected chi connectivity index (χ0v) is 16.1. The summed E-state index contributed by atoms with van der Waals surface area (Å²) < 4.78 is 1.71. The lowest BCUT2D eigenvalue weighted by molar-refractivity contribution is -0.384. The highest BCUT2D eigenvalue weighted by atomic mass is 35.5. The van der Waals surface area contributed by atoms with Gasteiger partial charge in [-0.3, -0.25) is 10.1 Å². The smallest absolute Gasteiger partial charge is 0.315 e. The summed E-state index contributed by atoms with van der Waals surface area (Å²) in [4.78, 5) is 22.1. The Bertz CT molecular complexity index is 972. The summed E-state index contributed by atoms with van der Waals surface area (Å²) in [5, 5.41) is 24.1. The average molecular weight is 415 g/mol. The molecular formula is C19H19ClN6O3. The van der Waals surface area contributed by atoms with E-state index in [1.165, 1.54) is 12.1 Å². The zero-order chi connectivity index (χ0) is 20.6. The van der Waals surface area contributed by atoms with Crippen LogP contribution in [-0.2, 0) is 6.54 Å². The third-order valence-corrected chi connectivity index (χ3v) is 4.25. The molecule has 0 aliphatic rings. The fourth-order valence-electron chi connectivity index (χ4n) is 2.52. The molecule has 0 aliphatic heterocycles. The molecule has 2 aromatic carbocycles. The molecule has 1 aromatic heterocycles. The van der Waals surface area contributed by atoms with Crippen molar-refractivity contribution in [2.24, 2.45) is 0 Å². The molecule has 0 aliphatic carbocycles. The molecule has 2 amide bonds. The van der Waals surface area contributed by atoms with Crippen LogP contribution >= 0.6 is 11.6 Å². The van der Waals surface area contributed by atoms with Crippen LogP contribution in [0.4, 0.5) is 16.2 Å². The second-order valence-corrected chi connectivity index (χ2v) is 6.55. The van der Waals surface area contributed by atoms with Crippen molar-refractivity contribution in [2.45, 2.75) is 6.54 Å². The lowest BCUT2D eigenvalue weighted by Gasteiger charge is -2.08. The number of carbonyl (C=O) groups excluding carboxylic acids is 1. The summed E-state index contributed by atoms with van der Waals surface area (Å²) in [6.45, 7) is 1.22. The zero-order valence-electron chi connectivity index (χ0n) is 15.3. The van der Waals surface area contributed by atoms with E-state index in [2.05, 4.69) is 21.0 Å². The molecule has 9 nitrogen and oxygen atoms in total. The van der Waals surface area contributed by atoms with E-state index in [1.54, 1.807) is 35.1 Å². The first kappa shape index (κ1) is 20.2. The van der Waals surface area contributed by atoms with Crippen LogP contribution in [0.3, 0.4) is 0 Å². The van der Waals surface area contributed by atoms with Crippen LogP contribution in [0, 0.1) is 10.1 Å². The van der Waals surface area contributed by atoms with E-state index in [1.807, 2.05) is 18.3 Å². The maximum absolute atomic E-state index is 11.9. The van der Waals surface area contributed by atoms with E-state index in [4.69, 9.17) is 11.6 Å². The van der Waals surface area contributed by atoms with Crippen molar-refractivity contribution in [3.05, 3.63) is 81.6 Å². The number of nitrogens with zero attached hydrogens (tertiary/aromatic N) is 3. The monoisotopic (exact) mass is 414 g/mol. The van der Waals surface area contributed by atoms with Crippen molar-refractivity contribution >= 4 is 29.0 Å². The number of non-ortho nitro benzene ring substituents is 1. The Morgan fingerprint density at radius 1 is 1.07 bits per heavy atom. The summed E-state index contributed by atoms with van der Waals surface area (Å²) in [5.74, 6) is 0. The van der Waals surface area contributed by atoms with E-state index in [-0.39, 0.29) is 11.7 Å². The molecule has 3 aromatic rings. The molecule has 0 saturated carbocycles. The second-order valence-electron chi connectivity index (χ2n) is 6.11. The number of carbonyl (C=O) groups is 1. The van der Waals surface area contributed by atoms with Crippen LogP contribution < -0.4 is 16.0 Å². The van der Waals surface area contributed by atoms with Crippen LogP contribution in [0.15, 0.2) is 60.9 Å². The molecule has 10 heteroatoms. The number of amides is 2. The van der Waals surface area contributed by atoms with Gasteiger partial charge < -0.3 is 16.0 Å². The number of anilines is 1. The van der Waals surface area contributed by atoms with Gasteiger partial charge in [0.2, 0.25) is 0 Å². The number of rotatable bonds is 8. The number of nitro benzene ring substituents is 1. The van der Waals surface area contributed by atoms with Crippen molar-refractivity contribution in [3.8, 4) is 5.69 Å². The summed E-state index contributed by atoms with van der Waals surface area (Å²) in [6.07, 6.45) is 3.52. The number of nitro groups is 1. The van der Waals surface area contributed by atoms with Gasteiger partial charge in [-0.1, -0.05) is 11.6 Å². The number of benzene rings is 2. The molecule has 0 spiro atoms. The lowest BCUT2D eigenvalue weighted by atomic mass is 10.3. The fourth-order valence-corrected chi connectivity index (χ4v) is 2.64. The van der Waals surface area contributed by atoms with Crippen LogP contribution in [0.25, 0.3) is 5.69 Å². The van der Waals surface area contributed by atoms with Crippen LogP contribution in [0.2, 0.25) is 5.02 Å². The third-order valence-electron chi connectivity index (χ3n) is 4.00. The van der Waals surface area contributed by atoms with Crippen LogP contribution in [0.5, 0.6) is 0 Å². The Morgan fingerprint density at radius 2 is 1.79 bits per heavy atom. The number of nitrogens with one attached hydrogen (secondary N) is 3. The van der Waals surface area contributed by atoms with Crippen molar-refractivity contribution in [2.75, 3.05) is 18.4 Å². The molecule has 3 rings (SSSR count). The van der Waals surface area contributed by atoms with Crippen molar-refractivity contribution in [3.63, 3.8) is 0 Å². The largest absolute Gasteiger partial charge is 0.383 e. The number of hydrogen-bond acceptors (Lipinski definition) is 5. The highest BCUT2D eigenvalue weighted by Crippen LogP contribution is 2.15. The van der Waals surface area contributed by atoms with E-state index in [0.29, 0.717) is 24.7 Å². The second kappa shape index (κ2) is 9.56. The van der Waals surface area contributed by atoms with Gasteiger partial charge in [-0.2, -0.15) is 5.10 Å². The molecule has 29 heavy (non-hydrogen) atoms. The van der Waals surface area contributed by atoms with E-state index >= 15 is 0 Å². The van der Waals surface area contributed by atoms with Gasteiger partial charge in [0, 0.05) is 54.2 Å². The van der Waals surface area contributed by atoms with Crippen molar-refractivity contribution < 1.29 is 9.72 Å². The molecule has 0 fully saturated rings. The first-order valence-corrected chi connectivity index (χ1v) is 9.18. The summed E-state index contributed by atoms with van der Waals surface area (Å²) in [6, 6.07) is 13.1. The average Bonchev–Trinajstić information content (AvgIpc) is 3.19. The predicted molar refractivity (Wildman–Crippen MR) is 110 cm³/mol. The number of hydrogen-bond donors (Lipinski definition) is 3. The standard InChI is InChI=1S/C19H19ClN6O3/c20-15-1-5-17(6-2-15)25-13-14(12-24-25)11-23-19(27)22-10-9-21-16-3-7-18(8-4-16)26(28)29/h1-8,12-13,21H,9-11H2,(H2,22,23,27). The Balaban J connectivity index is 1.37. The Morgan fingerprint density at radius 3 is 2.48 bits per heavy atom. The Kier molecular flexibility index (Phi) is 6.64.